The van der Waals surface area contributed by atoms with Gasteiger partial charge in [-0.1, -0.05) is 24.3 Å². The third-order valence-corrected chi connectivity index (χ3v) is 3.85. The fraction of sp³-hybridized carbons (Fsp3) is 0.688. The Balaban J connectivity index is 1.83. The molecule has 1 unspecified atom stereocenters. The van der Waals surface area contributed by atoms with Gasteiger partial charge in [0.15, 0.2) is 0 Å². The molecule has 2 nitrogen and oxygen atoms in total. The zero-order valence-corrected chi connectivity index (χ0v) is 11.6. The number of allylic oxidation sites excluding steroid dienone is 3. The van der Waals surface area contributed by atoms with E-state index in [0.29, 0.717) is 23.8 Å². The first kappa shape index (κ1) is 13.4. The zero-order valence-electron chi connectivity index (χ0n) is 11.6. The fourth-order valence-corrected chi connectivity index (χ4v) is 2.48. The Morgan fingerprint density at radius 1 is 1.33 bits per heavy atom. The lowest BCUT2D eigenvalue weighted by atomic mass is 9.94. The van der Waals surface area contributed by atoms with Gasteiger partial charge in [-0.2, -0.15) is 0 Å². The largest absolute Gasteiger partial charge is 0.336 e. The molecule has 2 rings (SSSR count). The molecule has 0 aliphatic heterocycles. The van der Waals surface area contributed by atoms with E-state index in [1.807, 2.05) is 4.90 Å². The highest BCUT2D eigenvalue weighted by Crippen LogP contribution is 2.31. The third kappa shape index (κ3) is 3.72. The van der Waals surface area contributed by atoms with Gasteiger partial charge in [-0.15, -0.1) is 0 Å². The number of hydrogen-bond donors (Lipinski definition) is 0. The van der Waals surface area contributed by atoms with Crippen LogP contribution in [0.3, 0.4) is 0 Å². The van der Waals surface area contributed by atoms with Crippen LogP contribution in [0.15, 0.2) is 24.3 Å². The molecule has 0 N–H and O–H groups in total. The second-order valence-corrected chi connectivity index (χ2v) is 5.83. The zero-order chi connectivity index (χ0) is 13.0. The average Bonchev–Trinajstić information content (AvgIpc) is 3.19. The summed E-state index contributed by atoms with van der Waals surface area (Å²) in [7, 11) is 0. The normalized spacial score (nSPS) is 23.8. The third-order valence-electron chi connectivity index (χ3n) is 3.85. The lowest BCUT2D eigenvalue weighted by Gasteiger charge is -2.25. The van der Waals surface area contributed by atoms with Gasteiger partial charge in [0, 0.05) is 18.5 Å². The molecule has 100 valence electrons. The molecule has 0 heterocycles. The molecular weight excluding hydrogens is 222 g/mol. The van der Waals surface area contributed by atoms with Crippen LogP contribution in [0.4, 0.5) is 0 Å². The maximum absolute atomic E-state index is 12.1. The molecule has 1 amide bonds. The van der Waals surface area contributed by atoms with Gasteiger partial charge >= 0.3 is 0 Å². The average molecular weight is 247 g/mol. The predicted octanol–water partition coefficient (Wildman–Crippen LogP) is 3.55. The standard InChI is InChI=1S/C16H25NO/c1-13(2)17(16(18)15-10-11-15)12-6-9-14-7-4-3-5-8-14/h3-4,6,9,13-15H,5,7-8,10-12H2,1-2H3. The van der Waals surface area contributed by atoms with Crippen molar-refractivity contribution < 1.29 is 4.79 Å². The van der Waals surface area contributed by atoms with Gasteiger partial charge in [-0.05, 0) is 51.9 Å². The van der Waals surface area contributed by atoms with Gasteiger partial charge in [0.2, 0.25) is 5.91 Å². The van der Waals surface area contributed by atoms with E-state index < -0.39 is 0 Å². The monoisotopic (exact) mass is 247 g/mol. The summed E-state index contributed by atoms with van der Waals surface area (Å²) in [5.74, 6) is 1.37. The first-order valence-corrected chi connectivity index (χ1v) is 7.30. The van der Waals surface area contributed by atoms with Crippen LogP contribution >= 0.6 is 0 Å². The van der Waals surface area contributed by atoms with Crippen molar-refractivity contribution in [3.05, 3.63) is 24.3 Å². The van der Waals surface area contributed by atoms with E-state index in [0.717, 1.165) is 25.8 Å². The second kappa shape index (κ2) is 6.21. The van der Waals surface area contributed by atoms with Crippen molar-refractivity contribution in [1.82, 2.24) is 4.90 Å². The van der Waals surface area contributed by atoms with E-state index in [9.17, 15) is 4.79 Å². The fourth-order valence-electron chi connectivity index (χ4n) is 2.48. The molecule has 0 aromatic heterocycles. The lowest BCUT2D eigenvalue weighted by Crippen LogP contribution is -2.38. The maximum Gasteiger partial charge on any atom is 0.226 e. The SMILES string of the molecule is CC(C)N(CC=CC1CC=CCC1)C(=O)C1CC1. The van der Waals surface area contributed by atoms with Crippen molar-refractivity contribution >= 4 is 5.91 Å². The number of carbonyl (C=O) groups excluding carboxylic acids is 1. The van der Waals surface area contributed by atoms with Crippen molar-refractivity contribution in [1.29, 1.82) is 0 Å². The van der Waals surface area contributed by atoms with E-state index in [1.165, 1.54) is 12.8 Å². The number of carbonyl (C=O) groups is 1. The van der Waals surface area contributed by atoms with Gasteiger partial charge in [-0.25, -0.2) is 0 Å². The molecule has 0 spiro atoms. The van der Waals surface area contributed by atoms with Gasteiger partial charge in [0.05, 0.1) is 0 Å². The molecule has 0 saturated heterocycles. The molecule has 2 aliphatic rings. The highest BCUT2D eigenvalue weighted by Gasteiger charge is 2.33. The lowest BCUT2D eigenvalue weighted by molar-refractivity contribution is -0.133. The minimum Gasteiger partial charge on any atom is -0.336 e. The highest BCUT2D eigenvalue weighted by atomic mass is 16.2. The van der Waals surface area contributed by atoms with Crippen molar-refractivity contribution in [2.24, 2.45) is 11.8 Å². The summed E-state index contributed by atoms with van der Waals surface area (Å²) in [6, 6.07) is 0.314. The van der Waals surface area contributed by atoms with Crippen molar-refractivity contribution in [3.63, 3.8) is 0 Å². The van der Waals surface area contributed by atoms with Crippen molar-refractivity contribution in [3.8, 4) is 0 Å². The molecule has 1 saturated carbocycles. The van der Waals surface area contributed by atoms with E-state index in [-0.39, 0.29) is 0 Å². The number of nitrogens with zero attached hydrogens (tertiary/aromatic N) is 1. The van der Waals surface area contributed by atoms with E-state index in [4.69, 9.17) is 0 Å². The molecule has 18 heavy (non-hydrogen) atoms. The summed E-state index contributed by atoms with van der Waals surface area (Å²) in [6.07, 6.45) is 14.8. The number of amides is 1. The van der Waals surface area contributed by atoms with E-state index in [2.05, 4.69) is 38.2 Å². The summed E-state index contributed by atoms with van der Waals surface area (Å²) in [6.45, 7) is 5.00. The van der Waals surface area contributed by atoms with Gasteiger partial charge < -0.3 is 4.90 Å². The van der Waals surface area contributed by atoms with Crippen LogP contribution in [0.25, 0.3) is 0 Å². The Morgan fingerprint density at radius 3 is 2.67 bits per heavy atom. The van der Waals surface area contributed by atoms with E-state index >= 15 is 0 Å². The van der Waals surface area contributed by atoms with Crippen LogP contribution in [0.2, 0.25) is 0 Å². The molecule has 0 aromatic rings. The summed E-state index contributed by atoms with van der Waals surface area (Å²) >= 11 is 0. The smallest absolute Gasteiger partial charge is 0.226 e. The van der Waals surface area contributed by atoms with Crippen LogP contribution in [-0.4, -0.2) is 23.4 Å². The van der Waals surface area contributed by atoms with Crippen LogP contribution < -0.4 is 0 Å². The van der Waals surface area contributed by atoms with Gasteiger partial charge in [0.25, 0.3) is 0 Å². The van der Waals surface area contributed by atoms with Crippen molar-refractivity contribution in [2.45, 2.75) is 52.0 Å². The first-order valence-electron chi connectivity index (χ1n) is 7.30. The summed E-state index contributed by atoms with van der Waals surface area (Å²) < 4.78 is 0. The molecule has 0 bridgehead atoms. The summed E-state index contributed by atoms with van der Waals surface area (Å²) in [5.41, 5.74) is 0. The van der Waals surface area contributed by atoms with E-state index in [1.54, 1.807) is 0 Å². The molecule has 0 radical (unpaired) electrons. The predicted molar refractivity (Wildman–Crippen MR) is 75.2 cm³/mol. The van der Waals surface area contributed by atoms with Gasteiger partial charge in [0.1, 0.15) is 0 Å². The molecule has 0 aromatic carbocycles. The van der Waals surface area contributed by atoms with Crippen LogP contribution in [0.5, 0.6) is 0 Å². The Morgan fingerprint density at radius 2 is 2.11 bits per heavy atom. The number of hydrogen-bond acceptors (Lipinski definition) is 1. The quantitative estimate of drug-likeness (QED) is 0.680. The summed E-state index contributed by atoms with van der Waals surface area (Å²) in [5, 5.41) is 0. The Hall–Kier alpha value is -1.05. The van der Waals surface area contributed by atoms with Gasteiger partial charge in [-0.3, -0.25) is 4.79 Å². The molecule has 1 fully saturated rings. The first-order chi connectivity index (χ1) is 8.68. The highest BCUT2D eigenvalue weighted by molar-refractivity contribution is 5.81. The van der Waals surface area contributed by atoms with Crippen LogP contribution in [0.1, 0.15) is 46.0 Å². The minimum atomic E-state index is 0.314. The second-order valence-electron chi connectivity index (χ2n) is 5.83. The molecule has 1 atom stereocenters. The summed E-state index contributed by atoms with van der Waals surface area (Å²) in [4.78, 5) is 14.1. The van der Waals surface area contributed by atoms with Crippen molar-refractivity contribution in [2.75, 3.05) is 6.54 Å². The van der Waals surface area contributed by atoms with Crippen LogP contribution in [0, 0.1) is 11.8 Å². The Kier molecular flexibility index (Phi) is 4.62. The Labute approximate surface area is 111 Å². The molecule has 2 heteroatoms. The molecular formula is C16H25NO. The number of rotatable bonds is 5. The maximum atomic E-state index is 12.1. The van der Waals surface area contributed by atoms with Crippen LogP contribution in [-0.2, 0) is 4.79 Å². The molecule has 2 aliphatic carbocycles. The Bertz CT molecular complexity index is 339. The topological polar surface area (TPSA) is 20.3 Å². The minimum absolute atomic E-state index is 0.314.